The molecule has 0 unspecified atom stereocenters. The first kappa shape index (κ1) is 22.5. The van der Waals surface area contributed by atoms with Crippen LogP contribution in [0.25, 0.3) is 0 Å². The summed E-state index contributed by atoms with van der Waals surface area (Å²) in [6, 6.07) is 0. The predicted molar refractivity (Wildman–Crippen MR) is 115 cm³/mol. The molecule has 0 heterocycles. The Hall–Kier alpha value is -0.650. The van der Waals surface area contributed by atoms with Gasteiger partial charge in [0.25, 0.3) is 0 Å². The third kappa shape index (κ3) is 3.17. The topological polar surface area (TPSA) is 98.0 Å². The van der Waals surface area contributed by atoms with Gasteiger partial charge in [0, 0.05) is 6.42 Å². The summed E-state index contributed by atoms with van der Waals surface area (Å²) in [6.45, 7) is 8.91. The summed E-state index contributed by atoms with van der Waals surface area (Å²) >= 11 is 0. The average molecular weight is 423 g/mol. The Balaban J connectivity index is 1.64. The van der Waals surface area contributed by atoms with E-state index in [-0.39, 0.29) is 53.1 Å². The minimum absolute atomic E-state index is 0.0673. The lowest BCUT2D eigenvalue weighted by molar-refractivity contribution is -0.225. The second-order valence-corrected chi connectivity index (χ2v) is 11.9. The molecule has 0 amide bonds. The van der Waals surface area contributed by atoms with Crippen LogP contribution in [-0.4, -0.2) is 44.7 Å². The van der Waals surface area contributed by atoms with Gasteiger partial charge in [-0.2, -0.15) is 0 Å². The number of aliphatic carboxylic acids is 1. The fraction of sp³-hybridized carbons (Fsp3) is 0.960. The van der Waals surface area contributed by atoms with E-state index in [0.29, 0.717) is 24.2 Å². The number of fused-ring (bicyclic) bond motifs is 5. The Labute approximate surface area is 181 Å². The quantitative estimate of drug-likeness (QED) is 0.554. The van der Waals surface area contributed by atoms with Crippen LogP contribution in [0, 0.1) is 52.3 Å². The lowest BCUT2D eigenvalue weighted by atomic mass is 9.41. The first-order valence-corrected chi connectivity index (χ1v) is 12.3. The second-order valence-electron chi connectivity index (χ2n) is 11.9. The van der Waals surface area contributed by atoms with E-state index < -0.39 is 12.1 Å². The van der Waals surface area contributed by atoms with Crippen LogP contribution in [0.3, 0.4) is 0 Å². The zero-order chi connectivity index (χ0) is 22.0. The Morgan fingerprint density at radius 1 is 1.03 bits per heavy atom. The van der Waals surface area contributed by atoms with Gasteiger partial charge < -0.3 is 20.4 Å². The Kier molecular flexibility index (Phi) is 5.81. The third-order valence-corrected chi connectivity index (χ3v) is 10.8. The monoisotopic (exact) mass is 422 g/mol. The summed E-state index contributed by atoms with van der Waals surface area (Å²) in [4.78, 5) is 11.1. The number of aliphatic hydroxyl groups excluding tert-OH is 3. The van der Waals surface area contributed by atoms with Gasteiger partial charge in [0.05, 0.1) is 18.3 Å². The molecule has 4 aliphatic rings. The molecule has 4 N–H and O–H groups in total. The molecule has 0 aromatic carbocycles. The Morgan fingerprint density at radius 2 is 1.73 bits per heavy atom. The minimum atomic E-state index is -0.749. The zero-order valence-corrected chi connectivity index (χ0v) is 19.1. The fourth-order valence-corrected chi connectivity index (χ4v) is 9.13. The highest BCUT2D eigenvalue weighted by molar-refractivity contribution is 5.66. The van der Waals surface area contributed by atoms with Crippen LogP contribution in [0.1, 0.15) is 79.1 Å². The van der Waals surface area contributed by atoms with E-state index >= 15 is 0 Å². The summed E-state index contributed by atoms with van der Waals surface area (Å²) in [5, 5.41) is 42.5. The van der Waals surface area contributed by atoms with Crippen molar-refractivity contribution in [3.05, 3.63) is 0 Å². The van der Waals surface area contributed by atoms with Crippen LogP contribution in [0.2, 0.25) is 0 Å². The molecule has 0 bridgehead atoms. The predicted octanol–water partition coefficient (Wildman–Crippen LogP) is 3.69. The van der Waals surface area contributed by atoms with Crippen molar-refractivity contribution < 1.29 is 25.2 Å². The van der Waals surface area contributed by atoms with E-state index in [1.165, 1.54) is 0 Å². The smallest absolute Gasteiger partial charge is 0.303 e. The number of aliphatic hydroxyl groups is 3. The molecule has 0 saturated heterocycles. The number of rotatable bonds is 4. The molecule has 4 rings (SSSR count). The molecule has 0 spiro atoms. The fourth-order valence-electron chi connectivity index (χ4n) is 9.13. The Bertz CT molecular complexity index is 666. The number of carboxylic acid groups (broad SMARTS) is 1. The van der Waals surface area contributed by atoms with Crippen molar-refractivity contribution in [1.29, 1.82) is 0 Å². The molecule has 4 aliphatic carbocycles. The van der Waals surface area contributed by atoms with E-state index in [9.17, 15) is 20.1 Å². The second kappa shape index (κ2) is 7.74. The van der Waals surface area contributed by atoms with Crippen LogP contribution >= 0.6 is 0 Å². The highest BCUT2D eigenvalue weighted by Gasteiger charge is 2.67. The molecular formula is C25H42O5. The number of carboxylic acids is 1. The lowest BCUT2D eigenvalue weighted by Gasteiger charge is -2.65. The number of hydrogen-bond donors (Lipinski definition) is 4. The maximum absolute atomic E-state index is 11.5. The largest absolute Gasteiger partial charge is 0.481 e. The maximum Gasteiger partial charge on any atom is 0.303 e. The van der Waals surface area contributed by atoms with Gasteiger partial charge in [0.15, 0.2) is 0 Å². The normalized spacial score (nSPS) is 54.0. The van der Waals surface area contributed by atoms with Gasteiger partial charge in [-0.15, -0.1) is 0 Å². The van der Waals surface area contributed by atoms with Gasteiger partial charge in [-0.05, 0) is 97.2 Å². The van der Waals surface area contributed by atoms with E-state index in [1.807, 2.05) is 0 Å². The first-order chi connectivity index (χ1) is 14.0. The van der Waals surface area contributed by atoms with Crippen LogP contribution in [0.5, 0.6) is 0 Å². The van der Waals surface area contributed by atoms with E-state index in [4.69, 9.17) is 5.11 Å². The molecule has 4 fully saturated rings. The molecule has 4 saturated carbocycles. The van der Waals surface area contributed by atoms with Gasteiger partial charge >= 0.3 is 5.97 Å². The molecule has 0 aromatic heterocycles. The summed E-state index contributed by atoms with van der Waals surface area (Å²) in [7, 11) is 0. The lowest BCUT2D eigenvalue weighted by Crippen LogP contribution is -2.64. The molecule has 0 aromatic rings. The van der Waals surface area contributed by atoms with Gasteiger partial charge in [-0.1, -0.05) is 27.7 Å². The summed E-state index contributed by atoms with van der Waals surface area (Å²) in [5.41, 5.74) is -0.185. The summed E-state index contributed by atoms with van der Waals surface area (Å²) in [5.74, 6) is 1.05. The highest BCUT2D eigenvalue weighted by Crippen LogP contribution is 2.69. The van der Waals surface area contributed by atoms with Crippen LogP contribution in [0.15, 0.2) is 0 Å². The number of carbonyl (C=O) groups is 1. The van der Waals surface area contributed by atoms with Crippen LogP contribution in [0.4, 0.5) is 0 Å². The standard InChI is InChI=1S/C25H42O5/c1-13(5-8-21(28)29)16-6-7-17-22-19(12-20(27)25(16,17)4)24(3)10-9-15(26)11-18(24)14(2)23(22)30/h13-20,22-23,26-27,30H,5-12H2,1-4H3,(H,28,29)/t13-,14-,15-,16-,17+,18+,19+,20+,22+,23-,24+,25-/m1/s1. The van der Waals surface area contributed by atoms with Crippen molar-refractivity contribution in [2.75, 3.05) is 0 Å². The molecule has 12 atom stereocenters. The zero-order valence-electron chi connectivity index (χ0n) is 19.1. The van der Waals surface area contributed by atoms with E-state index in [1.54, 1.807) is 0 Å². The molecule has 5 nitrogen and oxygen atoms in total. The molecule has 0 radical (unpaired) electrons. The van der Waals surface area contributed by atoms with E-state index in [2.05, 4.69) is 27.7 Å². The molecule has 172 valence electrons. The van der Waals surface area contributed by atoms with Gasteiger partial charge in [0.2, 0.25) is 0 Å². The summed E-state index contributed by atoms with van der Waals surface area (Å²) in [6.07, 6.45) is 5.11. The van der Waals surface area contributed by atoms with Crippen molar-refractivity contribution in [3.8, 4) is 0 Å². The SMILES string of the molecule is C[C@H]1[C@@H](O)[C@@H]2[C@H](C[C@H](O)[C@]3(C)[C@@H]([C@H](C)CCC(=O)O)CC[C@@H]23)[C@@]2(C)CC[C@@H](O)C[C@@H]12. The van der Waals surface area contributed by atoms with Gasteiger partial charge in [-0.3, -0.25) is 4.79 Å². The maximum atomic E-state index is 11.5. The minimum Gasteiger partial charge on any atom is -0.481 e. The molecule has 0 aliphatic heterocycles. The average Bonchev–Trinajstić information content (AvgIpc) is 3.05. The third-order valence-electron chi connectivity index (χ3n) is 10.8. The van der Waals surface area contributed by atoms with E-state index in [0.717, 1.165) is 38.5 Å². The van der Waals surface area contributed by atoms with Crippen molar-refractivity contribution >= 4 is 5.97 Å². The number of hydrogen-bond acceptors (Lipinski definition) is 4. The molecule has 30 heavy (non-hydrogen) atoms. The van der Waals surface area contributed by atoms with Gasteiger partial charge in [-0.25, -0.2) is 0 Å². The molecule has 5 heteroatoms. The highest BCUT2D eigenvalue weighted by atomic mass is 16.4. The summed E-state index contributed by atoms with van der Waals surface area (Å²) < 4.78 is 0. The Morgan fingerprint density at radius 3 is 2.40 bits per heavy atom. The van der Waals surface area contributed by atoms with Crippen molar-refractivity contribution in [1.82, 2.24) is 0 Å². The van der Waals surface area contributed by atoms with Crippen molar-refractivity contribution in [2.24, 2.45) is 52.3 Å². The van der Waals surface area contributed by atoms with Gasteiger partial charge in [0.1, 0.15) is 0 Å². The van der Waals surface area contributed by atoms with Crippen LogP contribution < -0.4 is 0 Å². The van der Waals surface area contributed by atoms with Crippen molar-refractivity contribution in [3.63, 3.8) is 0 Å². The molecular weight excluding hydrogens is 380 g/mol. The van der Waals surface area contributed by atoms with Crippen LogP contribution in [-0.2, 0) is 4.79 Å². The van der Waals surface area contributed by atoms with Crippen molar-refractivity contribution in [2.45, 2.75) is 97.4 Å². The first-order valence-electron chi connectivity index (χ1n) is 12.3.